The van der Waals surface area contributed by atoms with E-state index in [1.807, 2.05) is 38.1 Å². The van der Waals surface area contributed by atoms with Gasteiger partial charge in [-0.25, -0.2) is 0 Å². The molecule has 3 rings (SSSR count). The number of furan rings is 1. The smallest absolute Gasteiger partial charge is 0.291 e. The Morgan fingerprint density at radius 3 is 2.57 bits per heavy atom. The van der Waals surface area contributed by atoms with Crippen LogP contribution in [0.2, 0.25) is 0 Å². The Bertz CT molecular complexity index is 741. The standard InChI is InChI=1S/C19H23NO3/c1-11-5-7-13(8-6-11)20-18(22)17-12(2)16-14(21)9-19(3,4)10-15(16)23-17/h5-8,14,21H,9-10H2,1-4H3,(H,20,22). The summed E-state index contributed by atoms with van der Waals surface area (Å²) >= 11 is 0. The number of carbonyl (C=O) groups is 1. The van der Waals surface area contributed by atoms with Crippen molar-refractivity contribution >= 4 is 11.6 Å². The van der Waals surface area contributed by atoms with Crippen LogP contribution in [0.15, 0.2) is 28.7 Å². The van der Waals surface area contributed by atoms with Crippen molar-refractivity contribution < 1.29 is 14.3 Å². The van der Waals surface area contributed by atoms with Gasteiger partial charge in [0.1, 0.15) is 5.76 Å². The van der Waals surface area contributed by atoms with Gasteiger partial charge in [0.2, 0.25) is 0 Å². The van der Waals surface area contributed by atoms with Crippen LogP contribution < -0.4 is 5.32 Å². The molecule has 2 aromatic rings. The normalized spacial score (nSPS) is 19.3. The van der Waals surface area contributed by atoms with Crippen LogP contribution in [0.3, 0.4) is 0 Å². The van der Waals surface area contributed by atoms with Gasteiger partial charge in [0, 0.05) is 23.2 Å². The zero-order valence-corrected chi connectivity index (χ0v) is 14.1. The number of hydrogen-bond acceptors (Lipinski definition) is 3. The van der Waals surface area contributed by atoms with Gasteiger partial charge in [-0.2, -0.15) is 0 Å². The van der Waals surface area contributed by atoms with E-state index in [1.54, 1.807) is 0 Å². The molecular weight excluding hydrogens is 290 g/mol. The largest absolute Gasteiger partial charge is 0.455 e. The molecule has 1 aliphatic carbocycles. The summed E-state index contributed by atoms with van der Waals surface area (Å²) < 4.78 is 5.83. The topological polar surface area (TPSA) is 62.5 Å². The van der Waals surface area contributed by atoms with Crippen molar-refractivity contribution in [3.05, 3.63) is 52.5 Å². The van der Waals surface area contributed by atoms with E-state index < -0.39 is 6.10 Å². The SMILES string of the molecule is Cc1ccc(NC(=O)c2oc3c(c2C)C(O)CC(C)(C)C3)cc1. The lowest BCUT2D eigenvalue weighted by molar-refractivity contribution is 0.0910. The summed E-state index contributed by atoms with van der Waals surface area (Å²) in [6.07, 6.45) is 0.843. The Balaban J connectivity index is 1.89. The van der Waals surface area contributed by atoms with E-state index >= 15 is 0 Å². The summed E-state index contributed by atoms with van der Waals surface area (Å²) in [4.78, 5) is 12.5. The van der Waals surface area contributed by atoms with Crippen molar-refractivity contribution in [2.24, 2.45) is 5.41 Å². The molecule has 4 nitrogen and oxygen atoms in total. The van der Waals surface area contributed by atoms with E-state index in [0.29, 0.717) is 12.2 Å². The number of fused-ring (bicyclic) bond motifs is 1. The lowest BCUT2D eigenvalue weighted by atomic mass is 9.75. The molecule has 1 aliphatic rings. The van der Waals surface area contributed by atoms with Gasteiger partial charge >= 0.3 is 0 Å². The molecule has 23 heavy (non-hydrogen) atoms. The molecule has 0 radical (unpaired) electrons. The van der Waals surface area contributed by atoms with E-state index in [1.165, 1.54) is 0 Å². The van der Waals surface area contributed by atoms with Gasteiger partial charge in [0.05, 0.1) is 6.10 Å². The van der Waals surface area contributed by atoms with Crippen molar-refractivity contribution in [3.8, 4) is 0 Å². The fourth-order valence-corrected chi connectivity index (χ4v) is 3.33. The Hall–Kier alpha value is -2.07. The van der Waals surface area contributed by atoms with Crippen LogP contribution in [0.4, 0.5) is 5.69 Å². The molecule has 1 heterocycles. The number of amides is 1. The number of aliphatic hydroxyl groups is 1. The number of aliphatic hydroxyl groups excluding tert-OH is 1. The Morgan fingerprint density at radius 1 is 1.26 bits per heavy atom. The number of anilines is 1. The van der Waals surface area contributed by atoms with Crippen molar-refractivity contribution in [1.82, 2.24) is 0 Å². The maximum atomic E-state index is 12.5. The molecule has 1 aromatic carbocycles. The summed E-state index contributed by atoms with van der Waals surface area (Å²) in [6, 6.07) is 7.62. The van der Waals surface area contributed by atoms with Crippen LogP contribution >= 0.6 is 0 Å². The van der Waals surface area contributed by atoms with Crippen LogP contribution in [0.5, 0.6) is 0 Å². The minimum absolute atomic E-state index is 0.0264. The predicted octanol–water partition coefficient (Wildman–Crippen LogP) is 4.15. The summed E-state index contributed by atoms with van der Waals surface area (Å²) in [5.74, 6) is 0.762. The number of aryl methyl sites for hydroxylation is 1. The number of nitrogens with one attached hydrogen (secondary N) is 1. The minimum atomic E-state index is -0.571. The van der Waals surface area contributed by atoms with Gasteiger partial charge in [-0.15, -0.1) is 0 Å². The second-order valence-electron chi connectivity index (χ2n) is 7.27. The van der Waals surface area contributed by atoms with Gasteiger partial charge in [0.15, 0.2) is 5.76 Å². The molecule has 122 valence electrons. The van der Waals surface area contributed by atoms with Crippen LogP contribution in [-0.4, -0.2) is 11.0 Å². The zero-order valence-electron chi connectivity index (χ0n) is 14.1. The third-order valence-electron chi connectivity index (χ3n) is 4.50. The van der Waals surface area contributed by atoms with Gasteiger partial charge in [-0.3, -0.25) is 4.79 Å². The molecule has 0 saturated carbocycles. The summed E-state index contributed by atoms with van der Waals surface area (Å²) in [7, 11) is 0. The van der Waals surface area contributed by atoms with Gasteiger partial charge in [-0.05, 0) is 37.8 Å². The number of rotatable bonds is 2. The van der Waals surface area contributed by atoms with Crippen molar-refractivity contribution in [2.75, 3.05) is 5.32 Å². The summed E-state index contributed by atoms with van der Waals surface area (Å²) in [5.41, 5.74) is 3.38. The van der Waals surface area contributed by atoms with Crippen molar-refractivity contribution in [3.63, 3.8) is 0 Å². The highest BCUT2D eigenvalue weighted by Gasteiger charge is 2.37. The summed E-state index contributed by atoms with van der Waals surface area (Å²) in [5, 5.41) is 13.3. The molecule has 1 aromatic heterocycles. The van der Waals surface area contributed by atoms with Crippen molar-refractivity contribution in [2.45, 2.75) is 46.6 Å². The second kappa shape index (κ2) is 5.53. The van der Waals surface area contributed by atoms with E-state index in [4.69, 9.17) is 4.42 Å². The van der Waals surface area contributed by atoms with Crippen LogP contribution in [0.25, 0.3) is 0 Å². The average molecular weight is 313 g/mol. The Morgan fingerprint density at radius 2 is 1.91 bits per heavy atom. The van der Waals surface area contributed by atoms with E-state index in [-0.39, 0.29) is 11.3 Å². The predicted molar refractivity (Wildman–Crippen MR) is 89.6 cm³/mol. The molecule has 2 N–H and O–H groups in total. The molecule has 0 aliphatic heterocycles. The molecule has 1 atom stereocenters. The minimum Gasteiger partial charge on any atom is -0.455 e. The molecule has 0 spiro atoms. The molecular formula is C19H23NO3. The third-order valence-corrected chi connectivity index (χ3v) is 4.50. The Labute approximate surface area is 136 Å². The zero-order chi connectivity index (χ0) is 16.8. The number of benzene rings is 1. The van der Waals surface area contributed by atoms with E-state index in [9.17, 15) is 9.90 Å². The fourth-order valence-electron chi connectivity index (χ4n) is 3.33. The molecule has 4 heteroatoms. The van der Waals surface area contributed by atoms with Gasteiger partial charge in [-0.1, -0.05) is 31.5 Å². The highest BCUT2D eigenvalue weighted by Crippen LogP contribution is 2.44. The van der Waals surface area contributed by atoms with Crippen LogP contribution in [0.1, 0.15) is 59.4 Å². The van der Waals surface area contributed by atoms with Gasteiger partial charge < -0.3 is 14.8 Å². The molecule has 0 fully saturated rings. The summed E-state index contributed by atoms with van der Waals surface area (Å²) in [6.45, 7) is 8.04. The highest BCUT2D eigenvalue weighted by atomic mass is 16.4. The first-order valence-electron chi connectivity index (χ1n) is 7.95. The van der Waals surface area contributed by atoms with E-state index in [0.717, 1.165) is 34.6 Å². The van der Waals surface area contributed by atoms with E-state index in [2.05, 4.69) is 19.2 Å². The molecule has 0 bridgehead atoms. The lowest BCUT2D eigenvalue weighted by Crippen LogP contribution is -2.24. The quantitative estimate of drug-likeness (QED) is 0.875. The fraction of sp³-hybridized carbons (Fsp3) is 0.421. The molecule has 1 amide bonds. The first-order valence-corrected chi connectivity index (χ1v) is 7.95. The monoisotopic (exact) mass is 313 g/mol. The van der Waals surface area contributed by atoms with Crippen LogP contribution in [-0.2, 0) is 6.42 Å². The van der Waals surface area contributed by atoms with Crippen LogP contribution in [0, 0.1) is 19.3 Å². The third kappa shape index (κ3) is 3.04. The van der Waals surface area contributed by atoms with Gasteiger partial charge in [0.25, 0.3) is 5.91 Å². The maximum absolute atomic E-state index is 12.5. The molecule has 0 saturated heterocycles. The number of carbonyl (C=O) groups excluding carboxylic acids is 1. The second-order valence-corrected chi connectivity index (χ2v) is 7.27. The number of hydrogen-bond donors (Lipinski definition) is 2. The average Bonchev–Trinajstić information content (AvgIpc) is 2.77. The maximum Gasteiger partial charge on any atom is 0.291 e. The Kier molecular flexibility index (Phi) is 3.80. The first-order chi connectivity index (χ1) is 10.8. The first kappa shape index (κ1) is 15.8. The van der Waals surface area contributed by atoms with Crippen molar-refractivity contribution in [1.29, 1.82) is 0 Å². The highest BCUT2D eigenvalue weighted by molar-refractivity contribution is 6.03. The lowest BCUT2D eigenvalue weighted by Gasteiger charge is -2.31. The molecule has 1 unspecified atom stereocenters.